The van der Waals surface area contributed by atoms with Gasteiger partial charge in [0.05, 0.1) is 5.52 Å². The molecule has 41 heavy (non-hydrogen) atoms. The summed E-state index contributed by atoms with van der Waals surface area (Å²) in [6, 6.07) is 21.7. The number of hydrogen-bond donors (Lipinski definition) is 2. The molecule has 0 saturated heterocycles. The Bertz CT molecular complexity index is 1590. The van der Waals surface area contributed by atoms with Crippen molar-refractivity contribution in [3.05, 3.63) is 89.0 Å². The molecule has 1 aromatic heterocycles. The molecule has 1 amide bonds. The summed E-state index contributed by atoms with van der Waals surface area (Å²) < 4.78 is 5.84. The fourth-order valence-electron chi connectivity index (χ4n) is 5.91. The van der Waals surface area contributed by atoms with E-state index in [1.807, 2.05) is 79.7 Å². The highest BCUT2D eigenvalue weighted by atomic mass is 16.5. The number of ether oxygens (including phenoxy) is 1. The van der Waals surface area contributed by atoms with Gasteiger partial charge in [-0.25, -0.2) is 4.98 Å². The van der Waals surface area contributed by atoms with Crippen molar-refractivity contribution in [2.24, 2.45) is 0 Å². The maximum Gasteiger partial charge on any atom is 0.258 e. The Labute approximate surface area is 240 Å². The van der Waals surface area contributed by atoms with E-state index in [0.29, 0.717) is 17.3 Å². The average Bonchev–Trinajstić information content (AvgIpc) is 3.13. The van der Waals surface area contributed by atoms with Crippen molar-refractivity contribution in [2.45, 2.75) is 50.6 Å². The van der Waals surface area contributed by atoms with Crippen LogP contribution in [0.1, 0.15) is 52.7 Å². The molecule has 1 heterocycles. The van der Waals surface area contributed by atoms with Crippen LogP contribution in [0.2, 0.25) is 0 Å². The molecule has 8 heteroatoms. The van der Waals surface area contributed by atoms with Gasteiger partial charge in [0.15, 0.2) is 12.4 Å². The van der Waals surface area contributed by atoms with E-state index in [4.69, 9.17) is 14.7 Å². The molecule has 1 fully saturated rings. The number of nitrogens with zero attached hydrogens (tertiary/aromatic N) is 3. The highest BCUT2D eigenvalue weighted by Gasteiger charge is 2.24. The van der Waals surface area contributed by atoms with Gasteiger partial charge in [-0.2, -0.15) is 4.98 Å². The monoisotopic (exact) mass is 549 g/mol. The smallest absolute Gasteiger partial charge is 0.258 e. The van der Waals surface area contributed by atoms with Crippen molar-refractivity contribution >= 4 is 34.4 Å². The van der Waals surface area contributed by atoms with Crippen LogP contribution < -0.4 is 20.3 Å². The van der Waals surface area contributed by atoms with Gasteiger partial charge < -0.3 is 20.3 Å². The predicted octanol–water partition coefficient (Wildman–Crippen LogP) is 4.94. The van der Waals surface area contributed by atoms with Crippen LogP contribution in [0.4, 0.5) is 11.8 Å². The molecule has 1 saturated carbocycles. The van der Waals surface area contributed by atoms with Crippen LogP contribution in [-0.2, 0) is 17.6 Å². The number of para-hydroxylation sites is 1. The zero-order valence-electron chi connectivity index (χ0n) is 23.5. The second kappa shape index (κ2) is 11.6. The van der Waals surface area contributed by atoms with Crippen molar-refractivity contribution < 1.29 is 14.3 Å². The highest BCUT2D eigenvalue weighted by molar-refractivity contribution is 6.11. The number of anilines is 2. The SMILES string of the molecule is CN(C)c1nc(N[C@H]2CC[C@@H](NC(=O)COc3ccc4c(c3)CCc3ccccc3C4=O)CC2)nc2ccccc12. The molecule has 0 aliphatic heterocycles. The first kappa shape index (κ1) is 26.7. The summed E-state index contributed by atoms with van der Waals surface area (Å²) in [5.74, 6) is 2.06. The van der Waals surface area contributed by atoms with Crippen LogP contribution in [0, 0.1) is 0 Å². The molecule has 8 nitrogen and oxygen atoms in total. The molecular weight excluding hydrogens is 514 g/mol. The maximum atomic E-state index is 13.0. The van der Waals surface area contributed by atoms with Crippen LogP contribution in [-0.4, -0.2) is 54.4 Å². The lowest BCUT2D eigenvalue weighted by Crippen LogP contribution is -2.42. The summed E-state index contributed by atoms with van der Waals surface area (Å²) in [7, 11) is 3.98. The fourth-order valence-corrected chi connectivity index (χ4v) is 5.91. The zero-order valence-corrected chi connectivity index (χ0v) is 23.5. The van der Waals surface area contributed by atoms with Crippen LogP contribution in [0.5, 0.6) is 5.75 Å². The number of hydrogen-bond acceptors (Lipinski definition) is 7. The molecule has 2 aliphatic rings. The molecule has 4 aromatic rings. The largest absolute Gasteiger partial charge is 0.484 e. The molecule has 6 rings (SSSR count). The van der Waals surface area contributed by atoms with Gasteiger partial charge in [-0.15, -0.1) is 0 Å². The summed E-state index contributed by atoms with van der Waals surface area (Å²) in [4.78, 5) is 37.2. The van der Waals surface area contributed by atoms with Crippen LogP contribution in [0.15, 0.2) is 66.7 Å². The number of aromatic nitrogens is 2. The van der Waals surface area contributed by atoms with Gasteiger partial charge in [-0.05, 0) is 80.0 Å². The Hall–Kier alpha value is -4.46. The van der Waals surface area contributed by atoms with E-state index < -0.39 is 0 Å². The third-order valence-electron chi connectivity index (χ3n) is 8.05. The van der Waals surface area contributed by atoms with Gasteiger partial charge in [-0.3, -0.25) is 9.59 Å². The first-order valence-corrected chi connectivity index (χ1v) is 14.3. The molecular formula is C33H35N5O3. The Morgan fingerprint density at radius 1 is 0.878 bits per heavy atom. The minimum atomic E-state index is -0.131. The Kier molecular flexibility index (Phi) is 7.55. The van der Waals surface area contributed by atoms with Gasteiger partial charge in [-0.1, -0.05) is 36.4 Å². The van der Waals surface area contributed by atoms with Crippen molar-refractivity contribution in [1.29, 1.82) is 0 Å². The quantitative estimate of drug-likeness (QED) is 0.337. The topological polar surface area (TPSA) is 96.5 Å². The lowest BCUT2D eigenvalue weighted by atomic mass is 9.91. The molecule has 2 N–H and O–H groups in total. The normalized spacial score (nSPS) is 18.1. The number of amides is 1. The number of fused-ring (bicyclic) bond motifs is 3. The molecule has 3 aromatic carbocycles. The van der Waals surface area contributed by atoms with E-state index >= 15 is 0 Å². The van der Waals surface area contributed by atoms with Crippen LogP contribution in [0.25, 0.3) is 10.9 Å². The maximum absolute atomic E-state index is 13.0. The van der Waals surface area contributed by atoms with E-state index in [9.17, 15) is 9.59 Å². The highest BCUT2D eigenvalue weighted by Crippen LogP contribution is 2.28. The second-order valence-electron chi connectivity index (χ2n) is 11.1. The predicted molar refractivity (Wildman–Crippen MR) is 161 cm³/mol. The van der Waals surface area contributed by atoms with Crippen LogP contribution >= 0.6 is 0 Å². The Balaban J connectivity index is 0.998. The molecule has 0 bridgehead atoms. The summed E-state index contributed by atoms with van der Waals surface area (Å²) in [5, 5.41) is 7.68. The number of benzene rings is 3. The zero-order chi connectivity index (χ0) is 28.3. The van der Waals surface area contributed by atoms with Gasteiger partial charge >= 0.3 is 0 Å². The molecule has 2 aliphatic carbocycles. The number of aryl methyl sites for hydroxylation is 2. The van der Waals surface area contributed by atoms with E-state index in [0.717, 1.165) is 71.9 Å². The first-order chi connectivity index (χ1) is 19.9. The van der Waals surface area contributed by atoms with E-state index in [1.54, 1.807) is 6.07 Å². The van der Waals surface area contributed by atoms with Crippen molar-refractivity contribution in [3.63, 3.8) is 0 Å². The van der Waals surface area contributed by atoms with E-state index in [1.165, 1.54) is 0 Å². The van der Waals surface area contributed by atoms with Crippen molar-refractivity contribution in [1.82, 2.24) is 15.3 Å². The number of carbonyl (C=O) groups is 2. The Morgan fingerprint density at radius 2 is 1.59 bits per heavy atom. The molecule has 0 unspecified atom stereocenters. The summed E-state index contributed by atoms with van der Waals surface area (Å²) in [6.45, 7) is -0.0522. The lowest BCUT2D eigenvalue weighted by molar-refractivity contribution is -0.124. The summed E-state index contributed by atoms with van der Waals surface area (Å²) in [5.41, 5.74) is 4.43. The minimum absolute atomic E-state index is 0.0489. The minimum Gasteiger partial charge on any atom is -0.484 e. The fraction of sp³-hybridized carbons (Fsp3) is 0.333. The summed E-state index contributed by atoms with van der Waals surface area (Å²) >= 11 is 0. The van der Waals surface area contributed by atoms with Gasteiger partial charge in [0.25, 0.3) is 5.91 Å². The van der Waals surface area contributed by atoms with Crippen molar-refractivity contribution in [2.75, 3.05) is 30.9 Å². The third kappa shape index (κ3) is 5.87. The second-order valence-corrected chi connectivity index (χ2v) is 11.1. The third-order valence-corrected chi connectivity index (χ3v) is 8.05. The average molecular weight is 550 g/mol. The Morgan fingerprint density at radius 3 is 2.41 bits per heavy atom. The number of nitrogens with one attached hydrogen (secondary N) is 2. The molecule has 0 radical (unpaired) electrons. The molecule has 0 spiro atoms. The van der Waals surface area contributed by atoms with Gasteiger partial charge in [0, 0.05) is 42.7 Å². The number of rotatable bonds is 7. The lowest BCUT2D eigenvalue weighted by Gasteiger charge is -2.30. The summed E-state index contributed by atoms with van der Waals surface area (Å²) in [6.07, 6.45) is 5.15. The molecule has 210 valence electrons. The van der Waals surface area contributed by atoms with Gasteiger partial charge in [0.2, 0.25) is 5.95 Å². The number of carbonyl (C=O) groups excluding carboxylic acids is 2. The standard InChI is InChI=1S/C33H35N5O3/c1-38(2)32-28-9-5-6-10-29(28)36-33(37-32)35-24-15-13-23(14-16-24)34-30(39)20-41-25-17-18-27-22(19-25)12-11-21-7-3-4-8-26(21)31(27)40/h3-10,17-19,23-24H,11-16,20H2,1-2H3,(H,34,39)(H,35,36,37)/t23-,24+. The van der Waals surface area contributed by atoms with E-state index in [-0.39, 0.29) is 30.4 Å². The molecule has 0 atom stereocenters. The number of ketones is 1. The van der Waals surface area contributed by atoms with Crippen LogP contribution in [0.3, 0.4) is 0 Å². The van der Waals surface area contributed by atoms with Crippen molar-refractivity contribution in [3.8, 4) is 5.75 Å². The van der Waals surface area contributed by atoms with Gasteiger partial charge in [0.1, 0.15) is 11.6 Å². The van der Waals surface area contributed by atoms with E-state index in [2.05, 4.69) is 10.6 Å². The first-order valence-electron chi connectivity index (χ1n) is 14.3.